The van der Waals surface area contributed by atoms with Gasteiger partial charge in [0.25, 0.3) is 0 Å². The van der Waals surface area contributed by atoms with Crippen molar-refractivity contribution in [2.75, 3.05) is 0 Å². The molecule has 0 spiro atoms. The zero-order valence-electron chi connectivity index (χ0n) is 11.5. The van der Waals surface area contributed by atoms with E-state index in [2.05, 4.69) is 10.3 Å². The highest BCUT2D eigenvalue weighted by Crippen LogP contribution is 2.28. The fraction of sp³-hybridized carbons (Fsp3) is 0.231. The van der Waals surface area contributed by atoms with Crippen LogP contribution in [0.3, 0.4) is 0 Å². The molecule has 0 bridgehead atoms. The summed E-state index contributed by atoms with van der Waals surface area (Å²) in [6, 6.07) is 5.02. The first-order valence-corrected chi connectivity index (χ1v) is 6.78. The maximum atomic E-state index is 8.83. The van der Waals surface area contributed by atoms with Crippen LogP contribution < -0.4 is 10.5 Å². The minimum Gasteiger partial charge on any atom is -0.486 e. The first-order valence-electron chi connectivity index (χ1n) is 6.03. The van der Waals surface area contributed by atoms with Crippen molar-refractivity contribution >= 4 is 29.0 Å². The lowest BCUT2D eigenvalue weighted by atomic mass is 10.2. The van der Waals surface area contributed by atoms with Gasteiger partial charge in [-0.05, 0) is 19.1 Å². The Kier molecular flexibility index (Phi) is 4.59. The van der Waals surface area contributed by atoms with Crippen molar-refractivity contribution in [3.8, 4) is 5.75 Å². The van der Waals surface area contributed by atoms with Crippen LogP contribution >= 0.6 is 23.2 Å². The van der Waals surface area contributed by atoms with Crippen LogP contribution in [-0.4, -0.2) is 20.8 Å². The number of hydrogen-bond acceptors (Lipinski definition) is 4. The van der Waals surface area contributed by atoms with Crippen molar-refractivity contribution in [1.29, 1.82) is 0 Å². The lowest BCUT2D eigenvalue weighted by molar-refractivity contribution is 0.293. The van der Waals surface area contributed by atoms with Crippen molar-refractivity contribution < 1.29 is 9.94 Å². The molecule has 0 radical (unpaired) electrons. The summed E-state index contributed by atoms with van der Waals surface area (Å²) in [5, 5.41) is 16.9. The zero-order chi connectivity index (χ0) is 15.6. The van der Waals surface area contributed by atoms with Crippen molar-refractivity contribution in [3.63, 3.8) is 0 Å². The molecule has 0 atom stereocenters. The molecule has 0 aliphatic rings. The lowest BCUT2D eigenvalue weighted by Gasteiger charge is -2.12. The molecule has 1 aromatic carbocycles. The SMILES string of the molecule is Cc1nn(C)c(COc2cccc(Cl)c2/C(N)=N/O)c1Cl. The van der Waals surface area contributed by atoms with Gasteiger partial charge in [-0.1, -0.05) is 34.4 Å². The molecule has 0 amide bonds. The molecule has 21 heavy (non-hydrogen) atoms. The smallest absolute Gasteiger partial charge is 0.175 e. The number of nitrogens with two attached hydrogens (primary N) is 1. The van der Waals surface area contributed by atoms with E-state index in [1.807, 2.05) is 6.92 Å². The third-order valence-corrected chi connectivity index (χ3v) is 3.77. The fourth-order valence-corrected chi connectivity index (χ4v) is 2.38. The van der Waals surface area contributed by atoms with E-state index < -0.39 is 0 Å². The lowest BCUT2D eigenvalue weighted by Crippen LogP contribution is -2.16. The van der Waals surface area contributed by atoms with Gasteiger partial charge in [-0.15, -0.1) is 0 Å². The highest BCUT2D eigenvalue weighted by atomic mass is 35.5. The van der Waals surface area contributed by atoms with E-state index in [-0.39, 0.29) is 12.4 Å². The van der Waals surface area contributed by atoms with Crippen LogP contribution in [0.15, 0.2) is 23.4 Å². The summed E-state index contributed by atoms with van der Waals surface area (Å²) in [5.74, 6) is 0.274. The maximum absolute atomic E-state index is 8.83. The van der Waals surface area contributed by atoms with Gasteiger partial charge in [-0.25, -0.2) is 0 Å². The predicted molar refractivity (Wildman–Crippen MR) is 81.2 cm³/mol. The van der Waals surface area contributed by atoms with E-state index in [0.29, 0.717) is 21.4 Å². The maximum Gasteiger partial charge on any atom is 0.175 e. The van der Waals surface area contributed by atoms with Gasteiger partial charge in [0.1, 0.15) is 12.4 Å². The molecule has 8 heteroatoms. The average Bonchev–Trinajstić information content (AvgIpc) is 2.69. The molecule has 0 aliphatic carbocycles. The number of hydrogen-bond donors (Lipinski definition) is 2. The number of halogens is 2. The number of aryl methyl sites for hydroxylation is 2. The number of oxime groups is 1. The van der Waals surface area contributed by atoms with Crippen molar-refractivity contribution in [2.24, 2.45) is 17.9 Å². The second-order valence-electron chi connectivity index (χ2n) is 4.36. The third-order valence-electron chi connectivity index (χ3n) is 2.97. The topological polar surface area (TPSA) is 85.7 Å². The number of benzene rings is 1. The van der Waals surface area contributed by atoms with Crippen LogP contribution in [-0.2, 0) is 13.7 Å². The Morgan fingerprint density at radius 3 is 2.76 bits per heavy atom. The molecule has 0 saturated heterocycles. The Balaban J connectivity index is 2.31. The van der Waals surface area contributed by atoms with Gasteiger partial charge in [0.05, 0.1) is 27.0 Å². The molecule has 2 aromatic rings. The molecule has 112 valence electrons. The van der Waals surface area contributed by atoms with E-state index in [0.717, 1.165) is 11.4 Å². The Morgan fingerprint density at radius 2 is 2.19 bits per heavy atom. The molecule has 1 aromatic heterocycles. The first-order chi connectivity index (χ1) is 9.95. The van der Waals surface area contributed by atoms with Crippen molar-refractivity contribution in [2.45, 2.75) is 13.5 Å². The predicted octanol–water partition coefficient (Wildman–Crippen LogP) is 2.71. The van der Waals surface area contributed by atoms with E-state index in [1.54, 1.807) is 29.9 Å². The minimum absolute atomic E-state index is 0.122. The van der Waals surface area contributed by atoms with E-state index in [9.17, 15) is 0 Å². The number of amidine groups is 1. The Morgan fingerprint density at radius 1 is 1.48 bits per heavy atom. The van der Waals surface area contributed by atoms with Crippen molar-refractivity contribution in [3.05, 3.63) is 45.2 Å². The largest absolute Gasteiger partial charge is 0.486 e. The molecule has 6 nitrogen and oxygen atoms in total. The minimum atomic E-state index is -0.122. The van der Waals surface area contributed by atoms with E-state index in [1.165, 1.54) is 0 Å². The Hall–Kier alpha value is -1.92. The number of rotatable bonds is 4. The van der Waals surface area contributed by atoms with Gasteiger partial charge in [0, 0.05) is 7.05 Å². The highest BCUT2D eigenvalue weighted by molar-refractivity contribution is 6.34. The first kappa shape index (κ1) is 15.5. The molecule has 0 saturated carbocycles. The quantitative estimate of drug-likeness (QED) is 0.391. The molecule has 0 fully saturated rings. The van der Waals surface area contributed by atoms with Gasteiger partial charge >= 0.3 is 0 Å². The molecular weight excluding hydrogens is 315 g/mol. The number of ether oxygens (including phenoxy) is 1. The normalized spacial score (nSPS) is 11.7. The van der Waals surface area contributed by atoms with Crippen molar-refractivity contribution in [1.82, 2.24) is 9.78 Å². The van der Waals surface area contributed by atoms with Gasteiger partial charge in [-0.2, -0.15) is 5.10 Å². The molecule has 2 rings (SSSR count). The van der Waals surface area contributed by atoms with Gasteiger partial charge in [0.2, 0.25) is 0 Å². The zero-order valence-corrected chi connectivity index (χ0v) is 13.0. The standard InChI is InChI=1S/C13H14Cl2N4O2/c1-7-12(15)9(19(2)17-7)6-21-10-5-3-4-8(14)11(10)13(16)18-20/h3-5,20H,6H2,1-2H3,(H2,16,18). The molecule has 0 unspecified atom stereocenters. The second-order valence-corrected chi connectivity index (χ2v) is 5.14. The Bertz CT molecular complexity index is 698. The van der Waals surface area contributed by atoms with Crippen LogP contribution in [0.5, 0.6) is 5.75 Å². The number of nitrogens with zero attached hydrogens (tertiary/aromatic N) is 3. The van der Waals surface area contributed by atoms with E-state index >= 15 is 0 Å². The van der Waals surface area contributed by atoms with E-state index in [4.69, 9.17) is 38.9 Å². The second kappa shape index (κ2) is 6.24. The Labute approximate surface area is 131 Å². The van der Waals surface area contributed by atoms with Gasteiger partial charge in [-0.3, -0.25) is 4.68 Å². The summed E-state index contributed by atoms with van der Waals surface area (Å²) in [4.78, 5) is 0. The summed E-state index contributed by atoms with van der Waals surface area (Å²) in [6.45, 7) is 2.00. The summed E-state index contributed by atoms with van der Waals surface area (Å²) >= 11 is 12.2. The highest BCUT2D eigenvalue weighted by Gasteiger charge is 2.16. The molecule has 3 N–H and O–H groups in total. The fourth-order valence-electron chi connectivity index (χ4n) is 1.91. The van der Waals surface area contributed by atoms with Crippen LogP contribution in [0, 0.1) is 6.92 Å². The monoisotopic (exact) mass is 328 g/mol. The molecular formula is C13H14Cl2N4O2. The summed E-state index contributed by atoms with van der Waals surface area (Å²) in [6.07, 6.45) is 0. The van der Waals surface area contributed by atoms with Crippen LogP contribution in [0.2, 0.25) is 10.0 Å². The van der Waals surface area contributed by atoms with Gasteiger partial charge in [0.15, 0.2) is 5.84 Å². The summed E-state index contributed by atoms with van der Waals surface area (Å²) < 4.78 is 7.34. The third kappa shape index (κ3) is 3.06. The van der Waals surface area contributed by atoms with Crippen LogP contribution in [0.1, 0.15) is 17.0 Å². The number of aromatic nitrogens is 2. The van der Waals surface area contributed by atoms with Crippen LogP contribution in [0.25, 0.3) is 0 Å². The molecule has 1 heterocycles. The summed E-state index contributed by atoms with van der Waals surface area (Å²) in [5.41, 5.74) is 7.40. The van der Waals surface area contributed by atoms with Crippen LogP contribution in [0.4, 0.5) is 0 Å². The van der Waals surface area contributed by atoms with Gasteiger partial charge < -0.3 is 15.7 Å². The molecule has 0 aliphatic heterocycles. The average molecular weight is 329 g/mol. The summed E-state index contributed by atoms with van der Waals surface area (Å²) in [7, 11) is 1.78.